The number of nitrogens with one attached hydrogen (secondary N) is 1. The highest BCUT2D eigenvalue weighted by Gasteiger charge is 2.08. The van der Waals surface area contributed by atoms with Gasteiger partial charge < -0.3 is 10.1 Å². The highest BCUT2D eigenvalue weighted by molar-refractivity contribution is 5.47. The van der Waals surface area contributed by atoms with Gasteiger partial charge in [-0.2, -0.15) is 0 Å². The predicted octanol–water partition coefficient (Wildman–Crippen LogP) is 2.00. The van der Waals surface area contributed by atoms with Crippen LogP contribution in [0.5, 0.6) is 5.88 Å². The zero-order valence-corrected chi connectivity index (χ0v) is 9.16. The van der Waals surface area contributed by atoms with Crippen molar-refractivity contribution >= 4 is 5.82 Å². The first kappa shape index (κ1) is 10.8. The van der Waals surface area contributed by atoms with E-state index in [4.69, 9.17) is 4.74 Å². The molecule has 78 valence electrons. The minimum Gasteiger partial charge on any atom is -0.475 e. The van der Waals surface area contributed by atoms with Gasteiger partial charge in [0.25, 0.3) is 0 Å². The summed E-state index contributed by atoms with van der Waals surface area (Å²) in [5.74, 6) is 1.50. The Hall–Kier alpha value is -1.32. The van der Waals surface area contributed by atoms with Crippen LogP contribution < -0.4 is 10.1 Å². The molecule has 0 saturated heterocycles. The van der Waals surface area contributed by atoms with Crippen LogP contribution >= 0.6 is 0 Å². The summed E-state index contributed by atoms with van der Waals surface area (Å²) in [6.07, 6.45) is 1.65. The summed E-state index contributed by atoms with van der Waals surface area (Å²) >= 11 is 0. The summed E-state index contributed by atoms with van der Waals surface area (Å²) in [6, 6.07) is 0. The smallest absolute Gasteiger partial charge is 0.221 e. The lowest BCUT2D eigenvalue weighted by atomic mass is 10.3. The highest BCUT2D eigenvalue weighted by atomic mass is 16.5. The minimum atomic E-state index is 0.137. The third-order valence-corrected chi connectivity index (χ3v) is 1.73. The predicted molar refractivity (Wildman–Crippen MR) is 56.7 cm³/mol. The lowest BCUT2D eigenvalue weighted by molar-refractivity contribution is 0.230. The van der Waals surface area contributed by atoms with Gasteiger partial charge in [-0.3, -0.25) is 0 Å². The van der Waals surface area contributed by atoms with Crippen molar-refractivity contribution in [2.75, 3.05) is 11.9 Å². The SMILES string of the molecule is CCNc1ncnc(OC(C)C)c1C. The van der Waals surface area contributed by atoms with Crippen LogP contribution in [0.15, 0.2) is 6.33 Å². The zero-order valence-electron chi connectivity index (χ0n) is 9.16. The fourth-order valence-corrected chi connectivity index (χ4v) is 1.12. The average molecular weight is 195 g/mol. The van der Waals surface area contributed by atoms with Gasteiger partial charge in [0.1, 0.15) is 12.1 Å². The standard InChI is InChI=1S/C10H17N3O/c1-5-11-9-8(4)10(13-6-12-9)14-7(2)3/h6-7H,5H2,1-4H3,(H,11,12,13). The van der Waals surface area contributed by atoms with E-state index in [0.717, 1.165) is 17.9 Å². The molecule has 0 spiro atoms. The molecule has 0 aliphatic carbocycles. The maximum Gasteiger partial charge on any atom is 0.221 e. The molecule has 4 nitrogen and oxygen atoms in total. The third-order valence-electron chi connectivity index (χ3n) is 1.73. The van der Waals surface area contributed by atoms with Crippen molar-refractivity contribution in [1.29, 1.82) is 0 Å². The van der Waals surface area contributed by atoms with E-state index in [1.165, 1.54) is 6.33 Å². The van der Waals surface area contributed by atoms with E-state index in [9.17, 15) is 0 Å². The molecule has 0 bridgehead atoms. The summed E-state index contributed by atoms with van der Waals surface area (Å²) < 4.78 is 5.54. The number of ether oxygens (including phenoxy) is 1. The molecule has 0 aliphatic rings. The molecule has 1 aromatic heterocycles. The number of aromatic nitrogens is 2. The van der Waals surface area contributed by atoms with Gasteiger partial charge in [-0.25, -0.2) is 9.97 Å². The first-order chi connectivity index (χ1) is 6.65. The molecule has 0 radical (unpaired) electrons. The first-order valence-electron chi connectivity index (χ1n) is 4.87. The second-order valence-corrected chi connectivity index (χ2v) is 3.35. The molecule has 0 saturated carbocycles. The van der Waals surface area contributed by atoms with Gasteiger partial charge in [-0.1, -0.05) is 0 Å². The topological polar surface area (TPSA) is 47.0 Å². The fourth-order valence-electron chi connectivity index (χ4n) is 1.12. The van der Waals surface area contributed by atoms with Crippen molar-refractivity contribution < 1.29 is 4.74 Å². The Morgan fingerprint density at radius 2 is 2.14 bits per heavy atom. The highest BCUT2D eigenvalue weighted by Crippen LogP contribution is 2.20. The Labute approximate surface area is 84.7 Å². The number of hydrogen-bond acceptors (Lipinski definition) is 4. The number of rotatable bonds is 4. The molecule has 0 fully saturated rings. The van der Waals surface area contributed by atoms with Gasteiger partial charge in [0, 0.05) is 6.54 Å². The van der Waals surface area contributed by atoms with E-state index < -0.39 is 0 Å². The van der Waals surface area contributed by atoms with E-state index in [0.29, 0.717) is 5.88 Å². The lowest BCUT2D eigenvalue weighted by Crippen LogP contribution is -2.10. The van der Waals surface area contributed by atoms with Crippen LogP contribution in [0.1, 0.15) is 26.3 Å². The normalized spacial score (nSPS) is 10.4. The van der Waals surface area contributed by atoms with E-state index in [2.05, 4.69) is 15.3 Å². The molecule has 0 atom stereocenters. The lowest BCUT2D eigenvalue weighted by Gasteiger charge is -2.13. The van der Waals surface area contributed by atoms with Crippen molar-refractivity contribution in [2.24, 2.45) is 0 Å². The summed E-state index contributed by atoms with van der Waals surface area (Å²) in [6.45, 7) is 8.79. The summed E-state index contributed by atoms with van der Waals surface area (Å²) in [7, 11) is 0. The van der Waals surface area contributed by atoms with Crippen LogP contribution in [0.2, 0.25) is 0 Å². The van der Waals surface area contributed by atoms with Crippen molar-refractivity contribution in [3.05, 3.63) is 11.9 Å². The van der Waals surface area contributed by atoms with Gasteiger partial charge in [-0.15, -0.1) is 0 Å². The molecule has 0 amide bonds. The van der Waals surface area contributed by atoms with Gasteiger partial charge in [0.2, 0.25) is 5.88 Å². The van der Waals surface area contributed by atoms with Gasteiger partial charge in [-0.05, 0) is 27.7 Å². The summed E-state index contributed by atoms with van der Waals surface area (Å²) in [4.78, 5) is 8.22. The molecular formula is C10H17N3O. The van der Waals surface area contributed by atoms with E-state index in [1.807, 2.05) is 27.7 Å². The number of anilines is 1. The molecule has 0 aliphatic heterocycles. The molecule has 1 heterocycles. The summed E-state index contributed by atoms with van der Waals surface area (Å²) in [5, 5.41) is 3.16. The first-order valence-corrected chi connectivity index (χ1v) is 4.87. The number of nitrogens with zero attached hydrogens (tertiary/aromatic N) is 2. The Bertz CT molecular complexity index is 299. The largest absolute Gasteiger partial charge is 0.475 e. The van der Waals surface area contributed by atoms with Crippen LogP contribution in [0.4, 0.5) is 5.82 Å². The van der Waals surface area contributed by atoms with Gasteiger partial charge in [0.15, 0.2) is 0 Å². The molecule has 0 unspecified atom stereocenters. The average Bonchev–Trinajstić information content (AvgIpc) is 2.11. The Kier molecular flexibility index (Phi) is 3.68. The van der Waals surface area contributed by atoms with Crippen molar-refractivity contribution in [2.45, 2.75) is 33.8 Å². The zero-order chi connectivity index (χ0) is 10.6. The van der Waals surface area contributed by atoms with Crippen molar-refractivity contribution in [1.82, 2.24) is 9.97 Å². The van der Waals surface area contributed by atoms with E-state index in [1.54, 1.807) is 0 Å². The van der Waals surface area contributed by atoms with Crippen LogP contribution in [0.25, 0.3) is 0 Å². The minimum absolute atomic E-state index is 0.137. The number of hydrogen-bond donors (Lipinski definition) is 1. The Balaban J connectivity index is 2.89. The second kappa shape index (κ2) is 4.79. The van der Waals surface area contributed by atoms with Gasteiger partial charge >= 0.3 is 0 Å². The second-order valence-electron chi connectivity index (χ2n) is 3.35. The van der Waals surface area contributed by atoms with Gasteiger partial charge in [0.05, 0.1) is 11.7 Å². The molecular weight excluding hydrogens is 178 g/mol. The quantitative estimate of drug-likeness (QED) is 0.798. The molecule has 0 aromatic carbocycles. The molecule has 1 aromatic rings. The monoisotopic (exact) mass is 195 g/mol. The van der Waals surface area contributed by atoms with Crippen molar-refractivity contribution in [3.63, 3.8) is 0 Å². The van der Waals surface area contributed by atoms with Crippen LogP contribution in [-0.4, -0.2) is 22.6 Å². The van der Waals surface area contributed by atoms with Crippen molar-refractivity contribution in [3.8, 4) is 5.88 Å². The Morgan fingerprint density at radius 3 is 2.71 bits per heavy atom. The molecule has 1 rings (SSSR count). The maximum atomic E-state index is 5.54. The van der Waals surface area contributed by atoms with Crippen LogP contribution in [0.3, 0.4) is 0 Å². The maximum absolute atomic E-state index is 5.54. The van der Waals surface area contributed by atoms with Crippen LogP contribution in [0, 0.1) is 6.92 Å². The van der Waals surface area contributed by atoms with E-state index in [-0.39, 0.29) is 6.10 Å². The fraction of sp³-hybridized carbons (Fsp3) is 0.600. The molecule has 14 heavy (non-hydrogen) atoms. The van der Waals surface area contributed by atoms with E-state index >= 15 is 0 Å². The molecule has 4 heteroatoms. The molecule has 1 N–H and O–H groups in total. The Morgan fingerprint density at radius 1 is 1.43 bits per heavy atom. The third kappa shape index (κ3) is 2.58. The summed E-state index contributed by atoms with van der Waals surface area (Å²) in [5.41, 5.74) is 0.961. The van der Waals surface area contributed by atoms with Crippen LogP contribution in [-0.2, 0) is 0 Å².